The van der Waals surface area contributed by atoms with Crippen LogP contribution in [-0.2, 0) is 10.0 Å². The topological polar surface area (TPSA) is 125 Å². The summed E-state index contributed by atoms with van der Waals surface area (Å²) in [5, 5.41) is 8.09. The number of nitrogens with two attached hydrogens (primary N) is 2. The van der Waals surface area contributed by atoms with Crippen LogP contribution in [0, 0.1) is 0 Å². The van der Waals surface area contributed by atoms with Gasteiger partial charge in [-0.2, -0.15) is 0 Å². The predicted octanol–water partition coefficient (Wildman–Crippen LogP) is 5.27. The minimum Gasteiger partial charge on any atom is -0.497 e. The van der Waals surface area contributed by atoms with Gasteiger partial charge < -0.3 is 15.8 Å². The average molecular weight is 552 g/mol. The van der Waals surface area contributed by atoms with Crippen molar-refractivity contribution in [3.63, 3.8) is 0 Å². The third-order valence-corrected chi connectivity index (χ3v) is 6.88. The number of primary sulfonamides is 1. The van der Waals surface area contributed by atoms with E-state index in [1.807, 2.05) is 30.3 Å². The number of hydrogen-bond donors (Lipinski definition) is 3. The first-order valence-corrected chi connectivity index (χ1v) is 12.8. The molecule has 0 aliphatic rings. The van der Waals surface area contributed by atoms with Gasteiger partial charge in [0.05, 0.1) is 23.3 Å². The highest BCUT2D eigenvalue weighted by atomic mass is 79.9. The van der Waals surface area contributed by atoms with Crippen LogP contribution in [0.25, 0.3) is 22.3 Å². The molecular formula is C26H22BrN3O4S. The number of benzene rings is 4. The van der Waals surface area contributed by atoms with E-state index in [4.69, 9.17) is 15.6 Å². The SMILES string of the molecule is COc1cccc(NC(=O)c2cc(-c3ccc(Br)cc3)cc(-c3ccc(S(N)(=O)=O)cc3)c2N)c1. The van der Waals surface area contributed by atoms with E-state index in [1.165, 1.54) is 12.1 Å². The molecule has 0 heterocycles. The van der Waals surface area contributed by atoms with Crippen LogP contribution in [0.5, 0.6) is 5.75 Å². The number of anilines is 2. The number of halogens is 1. The summed E-state index contributed by atoms with van der Waals surface area (Å²) < 4.78 is 29.5. The van der Waals surface area contributed by atoms with Crippen molar-refractivity contribution in [3.8, 4) is 28.0 Å². The smallest absolute Gasteiger partial charge is 0.257 e. The zero-order valence-corrected chi connectivity index (χ0v) is 21.1. The van der Waals surface area contributed by atoms with Crippen molar-refractivity contribution in [1.29, 1.82) is 0 Å². The molecule has 4 aromatic carbocycles. The first-order valence-electron chi connectivity index (χ1n) is 10.4. The lowest BCUT2D eigenvalue weighted by molar-refractivity contribution is 0.102. The maximum atomic E-state index is 13.3. The molecule has 0 radical (unpaired) electrons. The zero-order valence-electron chi connectivity index (χ0n) is 18.7. The van der Waals surface area contributed by atoms with Crippen LogP contribution in [0.1, 0.15) is 10.4 Å². The van der Waals surface area contributed by atoms with Crippen LogP contribution in [0.2, 0.25) is 0 Å². The molecule has 0 aliphatic heterocycles. The number of carbonyl (C=O) groups excluding carboxylic acids is 1. The molecule has 0 saturated heterocycles. The summed E-state index contributed by atoms with van der Waals surface area (Å²) >= 11 is 3.44. The van der Waals surface area contributed by atoms with Gasteiger partial charge in [0, 0.05) is 21.8 Å². The highest BCUT2D eigenvalue weighted by Crippen LogP contribution is 2.35. The Kier molecular flexibility index (Phi) is 6.93. The van der Waals surface area contributed by atoms with Crippen molar-refractivity contribution in [3.05, 3.63) is 95.0 Å². The molecule has 178 valence electrons. The van der Waals surface area contributed by atoms with Gasteiger partial charge in [-0.25, -0.2) is 13.6 Å². The summed E-state index contributed by atoms with van der Waals surface area (Å²) in [5.74, 6) is 0.215. The van der Waals surface area contributed by atoms with Crippen molar-refractivity contribution >= 4 is 43.2 Å². The van der Waals surface area contributed by atoms with Gasteiger partial charge in [0.25, 0.3) is 5.91 Å². The van der Waals surface area contributed by atoms with Crippen molar-refractivity contribution in [1.82, 2.24) is 0 Å². The van der Waals surface area contributed by atoms with Gasteiger partial charge in [-0.15, -0.1) is 0 Å². The summed E-state index contributed by atoms with van der Waals surface area (Å²) in [6, 6.07) is 24.3. The molecule has 0 aromatic heterocycles. The molecule has 9 heteroatoms. The van der Waals surface area contributed by atoms with Crippen LogP contribution in [-0.4, -0.2) is 21.4 Å². The van der Waals surface area contributed by atoms with Gasteiger partial charge in [-0.3, -0.25) is 4.79 Å². The quantitative estimate of drug-likeness (QED) is 0.281. The Bertz CT molecular complexity index is 1500. The molecular weight excluding hydrogens is 530 g/mol. The van der Waals surface area contributed by atoms with Gasteiger partial charge in [0.2, 0.25) is 10.0 Å². The zero-order chi connectivity index (χ0) is 25.2. The Hall–Kier alpha value is -3.66. The van der Waals surface area contributed by atoms with Crippen LogP contribution in [0.4, 0.5) is 11.4 Å². The molecule has 0 aliphatic carbocycles. The van der Waals surface area contributed by atoms with Gasteiger partial charge >= 0.3 is 0 Å². The number of nitrogen functional groups attached to an aromatic ring is 1. The molecule has 1 amide bonds. The van der Waals surface area contributed by atoms with Gasteiger partial charge in [-0.1, -0.05) is 46.3 Å². The van der Waals surface area contributed by atoms with E-state index in [-0.39, 0.29) is 16.1 Å². The van der Waals surface area contributed by atoms with Gasteiger partial charge in [0.15, 0.2) is 0 Å². The molecule has 7 nitrogen and oxygen atoms in total. The van der Waals surface area contributed by atoms with Crippen LogP contribution < -0.4 is 20.9 Å². The Morgan fingerprint density at radius 3 is 2.17 bits per heavy atom. The standard InChI is InChI=1S/C26H22BrN3O4S/c1-34-21-4-2-3-20(15-21)30-26(31)24-14-18(16-5-9-19(27)10-6-16)13-23(25(24)28)17-7-11-22(12-8-17)35(29,32)33/h2-15H,28H2,1H3,(H,30,31)(H2,29,32,33). The second-order valence-electron chi connectivity index (χ2n) is 7.75. The minimum absolute atomic E-state index is 0.0140. The fraction of sp³-hybridized carbons (Fsp3) is 0.0385. The fourth-order valence-electron chi connectivity index (χ4n) is 3.61. The highest BCUT2D eigenvalue weighted by molar-refractivity contribution is 9.10. The van der Waals surface area contributed by atoms with E-state index in [0.29, 0.717) is 22.6 Å². The third-order valence-electron chi connectivity index (χ3n) is 5.42. The minimum atomic E-state index is -3.84. The predicted molar refractivity (Wildman–Crippen MR) is 142 cm³/mol. The first-order chi connectivity index (χ1) is 16.7. The molecule has 0 saturated carbocycles. The average Bonchev–Trinajstić information content (AvgIpc) is 2.84. The van der Waals surface area contributed by atoms with Crippen molar-refractivity contribution in [2.75, 3.05) is 18.2 Å². The maximum Gasteiger partial charge on any atom is 0.257 e. The molecule has 0 bridgehead atoms. The molecule has 0 spiro atoms. The molecule has 35 heavy (non-hydrogen) atoms. The van der Waals surface area contributed by atoms with E-state index in [9.17, 15) is 13.2 Å². The summed E-state index contributed by atoms with van der Waals surface area (Å²) in [7, 11) is -2.29. The largest absolute Gasteiger partial charge is 0.497 e. The van der Waals surface area contributed by atoms with Crippen molar-refractivity contribution in [2.24, 2.45) is 5.14 Å². The van der Waals surface area contributed by atoms with E-state index >= 15 is 0 Å². The van der Waals surface area contributed by atoms with Crippen LogP contribution >= 0.6 is 15.9 Å². The summed E-state index contributed by atoms with van der Waals surface area (Å²) in [5.41, 5.74) is 10.5. The Labute approximate surface area is 211 Å². The number of amides is 1. The Balaban J connectivity index is 1.82. The van der Waals surface area contributed by atoms with Gasteiger partial charge in [0.1, 0.15) is 5.75 Å². The van der Waals surface area contributed by atoms with E-state index in [2.05, 4.69) is 21.2 Å². The third kappa shape index (κ3) is 5.54. The first kappa shape index (κ1) is 24.5. The number of hydrogen-bond acceptors (Lipinski definition) is 5. The van der Waals surface area contributed by atoms with Gasteiger partial charge in [-0.05, 0) is 65.2 Å². The number of nitrogens with one attached hydrogen (secondary N) is 1. The lowest BCUT2D eigenvalue weighted by Crippen LogP contribution is -2.15. The second-order valence-corrected chi connectivity index (χ2v) is 10.2. The summed E-state index contributed by atoms with van der Waals surface area (Å²) in [6.45, 7) is 0. The summed E-state index contributed by atoms with van der Waals surface area (Å²) in [4.78, 5) is 13.3. The lowest BCUT2D eigenvalue weighted by Gasteiger charge is -2.16. The van der Waals surface area contributed by atoms with E-state index in [1.54, 1.807) is 49.6 Å². The monoisotopic (exact) mass is 551 g/mol. The fourth-order valence-corrected chi connectivity index (χ4v) is 4.39. The normalized spacial score (nSPS) is 11.2. The van der Waals surface area contributed by atoms with Crippen molar-refractivity contribution in [2.45, 2.75) is 4.90 Å². The highest BCUT2D eigenvalue weighted by Gasteiger charge is 2.18. The maximum absolute atomic E-state index is 13.3. The Morgan fingerprint density at radius 1 is 0.886 bits per heavy atom. The van der Waals surface area contributed by atoms with Crippen LogP contribution in [0.15, 0.2) is 94.3 Å². The number of methoxy groups -OCH3 is 1. The van der Waals surface area contributed by atoms with Crippen molar-refractivity contribution < 1.29 is 17.9 Å². The molecule has 5 N–H and O–H groups in total. The Morgan fingerprint density at radius 2 is 1.54 bits per heavy atom. The lowest BCUT2D eigenvalue weighted by atomic mass is 9.93. The second kappa shape index (κ2) is 9.91. The van der Waals surface area contributed by atoms with E-state index in [0.717, 1.165) is 15.6 Å². The van der Waals surface area contributed by atoms with Crippen LogP contribution in [0.3, 0.4) is 0 Å². The number of rotatable bonds is 6. The molecule has 4 rings (SSSR count). The number of carbonyl (C=O) groups is 1. The van der Waals surface area contributed by atoms with E-state index < -0.39 is 15.9 Å². The summed E-state index contributed by atoms with van der Waals surface area (Å²) in [6.07, 6.45) is 0. The molecule has 0 fully saturated rings. The number of sulfonamides is 1. The molecule has 0 unspecified atom stereocenters. The number of ether oxygens (including phenoxy) is 1. The molecule has 0 atom stereocenters. The molecule has 4 aromatic rings.